The molecule has 0 radical (unpaired) electrons. The number of halogens is 2. The molecule has 0 aliphatic carbocycles. The standard InChI is InChI=1S/C14H15Cl2NO2/c15-11-5-3-10(13(16)8-11)4-6-14(19)17-7-1-2-12(17)9-18/h3-6,8,12,18H,1-2,7,9H2. The van der Waals surface area contributed by atoms with Gasteiger partial charge in [0.15, 0.2) is 0 Å². The van der Waals surface area contributed by atoms with Gasteiger partial charge in [0.25, 0.3) is 0 Å². The average Bonchev–Trinajstić information content (AvgIpc) is 2.85. The number of carbonyl (C=O) groups excluding carboxylic acids is 1. The first-order valence-corrected chi connectivity index (χ1v) is 6.92. The molecule has 1 saturated heterocycles. The second-order valence-corrected chi connectivity index (χ2v) is 5.35. The van der Waals surface area contributed by atoms with Crippen molar-refractivity contribution < 1.29 is 9.90 Å². The van der Waals surface area contributed by atoms with Crippen molar-refractivity contribution in [2.45, 2.75) is 18.9 Å². The van der Waals surface area contributed by atoms with Crippen molar-refractivity contribution >= 4 is 35.2 Å². The van der Waals surface area contributed by atoms with E-state index >= 15 is 0 Å². The molecule has 1 fully saturated rings. The smallest absolute Gasteiger partial charge is 0.246 e. The third-order valence-electron chi connectivity index (χ3n) is 3.24. The summed E-state index contributed by atoms with van der Waals surface area (Å²) >= 11 is 11.8. The first-order valence-electron chi connectivity index (χ1n) is 6.16. The molecule has 1 N–H and O–H groups in total. The number of likely N-dealkylation sites (tertiary alicyclic amines) is 1. The number of benzene rings is 1. The highest BCUT2D eigenvalue weighted by molar-refractivity contribution is 6.35. The average molecular weight is 300 g/mol. The van der Waals surface area contributed by atoms with Gasteiger partial charge in [0.05, 0.1) is 12.6 Å². The molecule has 0 saturated carbocycles. The Hall–Kier alpha value is -1.03. The van der Waals surface area contributed by atoms with Gasteiger partial charge in [-0.2, -0.15) is 0 Å². The number of amides is 1. The van der Waals surface area contributed by atoms with Gasteiger partial charge in [0.2, 0.25) is 5.91 Å². The quantitative estimate of drug-likeness (QED) is 0.872. The van der Waals surface area contributed by atoms with E-state index in [-0.39, 0.29) is 18.6 Å². The summed E-state index contributed by atoms with van der Waals surface area (Å²) in [6.45, 7) is 0.712. The van der Waals surface area contributed by atoms with Gasteiger partial charge in [-0.05, 0) is 36.6 Å². The highest BCUT2D eigenvalue weighted by Crippen LogP contribution is 2.22. The second kappa shape index (κ2) is 6.42. The number of nitrogens with zero attached hydrogens (tertiary/aromatic N) is 1. The normalized spacial score (nSPS) is 19.3. The lowest BCUT2D eigenvalue weighted by atomic mass is 10.2. The Bertz CT molecular complexity index is 502. The molecule has 1 amide bonds. The largest absolute Gasteiger partial charge is 0.394 e. The van der Waals surface area contributed by atoms with Crippen LogP contribution in [0.15, 0.2) is 24.3 Å². The van der Waals surface area contributed by atoms with Gasteiger partial charge in [-0.15, -0.1) is 0 Å². The number of carbonyl (C=O) groups is 1. The summed E-state index contributed by atoms with van der Waals surface area (Å²) in [6, 6.07) is 5.07. The van der Waals surface area contributed by atoms with Crippen molar-refractivity contribution in [3.63, 3.8) is 0 Å². The maximum absolute atomic E-state index is 12.0. The van der Waals surface area contributed by atoms with Crippen LogP contribution in [-0.2, 0) is 4.79 Å². The van der Waals surface area contributed by atoms with E-state index in [0.29, 0.717) is 16.6 Å². The highest BCUT2D eigenvalue weighted by atomic mass is 35.5. The summed E-state index contributed by atoms with van der Waals surface area (Å²) in [5.41, 5.74) is 0.749. The predicted molar refractivity (Wildman–Crippen MR) is 77.3 cm³/mol. The van der Waals surface area contributed by atoms with Gasteiger partial charge in [0, 0.05) is 22.7 Å². The van der Waals surface area contributed by atoms with Crippen LogP contribution in [0.2, 0.25) is 10.0 Å². The predicted octanol–water partition coefficient (Wildman–Crippen LogP) is 2.99. The Morgan fingerprint density at radius 2 is 2.26 bits per heavy atom. The van der Waals surface area contributed by atoms with Crippen LogP contribution in [0, 0.1) is 0 Å². The lowest BCUT2D eigenvalue weighted by molar-refractivity contribution is -0.127. The maximum atomic E-state index is 12.0. The summed E-state index contributed by atoms with van der Waals surface area (Å²) in [4.78, 5) is 13.7. The molecule has 1 aliphatic heterocycles. The molecule has 0 spiro atoms. The molecule has 19 heavy (non-hydrogen) atoms. The van der Waals surface area contributed by atoms with Crippen LogP contribution >= 0.6 is 23.2 Å². The first-order chi connectivity index (χ1) is 9.11. The molecule has 1 unspecified atom stereocenters. The first kappa shape index (κ1) is 14.4. The van der Waals surface area contributed by atoms with Gasteiger partial charge < -0.3 is 10.0 Å². The zero-order valence-corrected chi connectivity index (χ0v) is 11.9. The molecule has 1 atom stereocenters. The monoisotopic (exact) mass is 299 g/mol. The van der Waals surface area contributed by atoms with Crippen LogP contribution < -0.4 is 0 Å². The molecule has 2 rings (SSSR count). The van der Waals surface area contributed by atoms with E-state index in [1.165, 1.54) is 6.08 Å². The number of hydrogen-bond donors (Lipinski definition) is 1. The summed E-state index contributed by atoms with van der Waals surface area (Å²) in [5, 5.41) is 10.3. The topological polar surface area (TPSA) is 40.5 Å². The lowest BCUT2D eigenvalue weighted by Gasteiger charge is -2.21. The summed E-state index contributed by atoms with van der Waals surface area (Å²) in [6.07, 6.45) is 4.96. The van der Waals surface area contributed by atoms with Crippen LogP contribution in [0.1, 0.15) is 18.4 Å². The molecule has 0 bridgehead atoms. The fourth-order valence-electron chi connectivity index (χ4n) is 2.21. The van der Waals surface area contributed by atoms with Gasteiger partial charge in [0.1, 0.15) is 0 Å². The van der Waals surface area contributed by atoms with Crippen molar-refractivity contribution in [1.29, 1.82) is 0 Å². The zero-order valence-electron chi connectivity index (χ0n) is 10.4. The van der Waals surface area contributed by atoms with Gasteiger partial charge >= 0.3 is 0 Å². The second-order valence-electron chi connectivity index (χ2n) is 4.51. The Morgan fingerprint density at radius 3 is 2.95 bits per heavy atom. The molecule has 0 aromatic heterocycles. The van der Waals surface area contributed by atoms with E-state index in [9.17, 15) is 9.90 Å². The molecular formula is C14H15Cl2NO2. The minimum atomic E-state index is -0.0948. The minimum Gasteiger partial charge on any atom is -0.394 e. The molecule has 102 valence electrons. The summed E-state index contributed by atoms with van der Waals surface area (Å²) in [7, 11) is 0. The van der Waals surface area contributed by atoms with Crippen molar-refractivity contribution in [2.75, 3.05) is 13.2 Å². The van der Waals surface area contributed by atoms with Crippen LogP contribution in [0.5, 0.6) is 0 Å². The lowest BCUT2D eigenvalue weighted by Crippen LogP contribution is -2.36. The SMILES string of the molecule is O=C(C=Cc1ccc(Cl)cc1Cl)N1CCCC1CO. The third kappa shape index (κ3) is 3.50. The third-order valence-corrected chi connectivity index (χ3v) is 3.80. The molecule has 1 aliphatic rings. The molecule has 1 aromatic rings. The summed E-state index contributed by atoms with van der Waals surface area (Å²) < 4.78 is 0. The van der Waals surface area contributed by atoms with Gasteiger partial charge in [-0.3, -0.25) is 4.79 Å². The fraction of sp³-hybridized carbons (Fsp3) is 0.357. The van der Waals surface area contributed by atoms with Crippen LogP contribution in [0.25, 0.3) is 6.08 Å². The molecule has 1 heterocycles. The van der Waals surface area contributed by atoms with E-state index in [2.05, 4.69) is 0 Å². The highest BCUT2D eigenvalue weighted by Gasteiger charge is 2.26. The number of rotatable bonds is 3. The van der Waals surface area contributed by atoms with Crippen LogP contribution in [0.3, 0.4) is 0 Å². The molecular weight excluding hydrogens is 285 g/mol. The molecule has 1 aromatic carbocycles. The fourth-order valence-corrected chi connectivity index (χ4v) is 2.68. The van der Waals surface area contributed by atoms with E-state index in [1.807, 2.05) is 0 Å². The van der Waals surface area contributed by atoms with E-state index in [4.69, 9.17) is 23.2 Å². The van der Waals surface area contributed by atoms with E-state index in [1.54, 1.807) is 29.2 Å². The number of hydrogen-bond acceptors (Lipinski definition) is 2. The number of aliphatic hydroxyl groups excluding tert-OH is 1. The van der Waals surface area contributed by atoms with Crippen molar-refractivity contribution in [3.8, 4) is 0 Å². The summed E-state index contributed by atoms with van der Waals surface area (Å²) in [5.74, 6) is -0.0948. The molecule has 3 nitrogen and oxygen atoms in total. The Labute approximate surface area is 122 Å². The van der Waals surface area contributed by atoms with Crippen molar-refractivity contribution in [3.05, 3.63) is 39.9 Å². The number of aliphatic hydroxyl groups is 1. The van der Waals surface area contributed by atoms with E-state index < -0.39 is 0 Å². The van der Waals surface area contributed by atoms with Crippen LogP contribution in [0.4, 0.5) is 0 Å². The Kier molecular flexibility index (Phi) is 4.86. The van der Waals surface area contributed by atoms with Crippen molar-refractivity contribution in [2.24, 2.45) is 0 Å². The minimum absolute atomic E-state index is 0.0152. The Morgan fingerprint density at radius 1 is 1.47 bits per heavy atom. The van der Waals surface area contributed by atoms with Gasteiger partial charge in [-0.1, -0.05) is 29.3 Å². The molecule has 5 heteroatoms. The van der Waals surface area contributed by atoms with E-state index in [0.717, 1.165) is 18.4 Å². The van der Waals surface area contributed by atoms with Crippen molar-refractivity contribution in [1.82, 2.24) is 4.90 Å². The van der Waals surface area contributed by atoms with Crippen LogP contribution in [-0.4, -0.2) is 35.1 Å². The maximum Gasteiger partial charge on any atom is 0.246 e. The van der Waals surface area contributed by atoms with Gasteiger partial charge in [-0.25, -0.2) is 0 Å². The zero-order chi connectivity index (χ0) is 13.8. The Balaban J connectivity index is 2.07.